The van der Waals surface area contributed by atoms with Crippen LogP contribution in [-0.4, -0.2) is 0 Å². The molecule has 0 bridgehead atoms. The van der Waals surface area contributed by atoms with E-state index >= 15 is 0 Å². The molecule has 6 aliphatic carbocycles. The first-order chi connectivity index (χ1) is 67.0. The lowest BCUT2D eigenvalue weighted by molar-refractivity contribution is 1.01. The van der Waals surface area contributed by atoms with Crippen LogP contribution in [0.1, 0.15) is 341 Å². The Morgan fingerprint density at radius 1 is 0.126 bits per heavy atom. The predicted molar refractivity (Wildman–Crippen MR) is 600 cm³/mol. The molecule has 0 N–H and O–H groups in total. The normalized spacial score (nSPS) is 12.3. The highest BCUT2D eigenvalue weighted by Gasteiger charge is 2.40. The van der Waals surface area contributed by atoms with E-state index < -0.39 is 0 Å². The SMILES string of the molecule is CC.CC.CC.CC.CC.CC.CC.CC.CC.CC.CC.CC.CC.CC.CC.c1ccc2c(c1)Cc1c-2ccc2c1-c1cc3c(cc1C2)N1c2ccccc2Cc2cccc(c21)C3.c1ccc2c(c1)Cc1cc3c(cc1-2)Cc1cc2c(cc1-3)Cc1cccc3c1N2c1ccccc1C3.c1ccc2c(c1)Cc1ccc3c(c1-2)-c1cc2c(cc1C3)N1c3ccccc3Cc3cccc(c31)C2. The number of anilines is 9. The fourth-order valence-corrected chi connectivity index (χ4v) is 21.6. The van der Waals surface area contributed by atoms with E-state index in [1.807, 2.05) is 208 Å². The van der Waals surface area contributed by atoms with Crippen molar-refractivity contribution >= 4 is 51.2 Å². The lowest BCUT2D eigenvalue weighted by atomic mass is 9.85. The second kappa shape index (κ2) is 49.8. The summed E-state index contributed by atoms with van der Waals surface area (Å²) in [6.45, 7) is 60.0. The summed E-state index contributed by atoms with van der Waals surface area (Å²) in [5.41, 5.74) is 65.0. The van der Waals surface area contributed by atoms with Crippen LogP contribution in [0, 0.1) is 0 Å². The Bertz CT molecular complexity index is 6510. The second-order valence-electron chi connectivity index (χ2n) is 31.6. The largest absolute Gasteiger partial charge is 0.309 e. The molecule has 6 aliphatic heterocycles. The van der Waals surface area contributed by atoms with Gasteiger partial charge in [0, 0.05) is 55.6 Å². The van der Waals surface area contributed by atoms with E-state index in [1.54, 1.807) is 0 Å². The Balaban J connectivity index is 0.000000184. The summed E-state index contributed by atoms with van der Waals surface area (Å²) in [4.78, 5) is 7.68. The van der Waals surface area contributed by atoms with Gasteiger partial charge in [-0.2, -0.15) is 0 Å². The predicted octanol–water partition coefficient (Wildman–Crippen LogP) is 39.7. The molecule has 0 saturated carbocycles. The fraction of sp³-hybridized carbons (Fsp3) is 0.318. The molecule has 0 amide bonds. The molecule has 135 heavy (non-hydrogen) atoms. The van der Waals surface area contributed by atoms with Crippen LogP contribution in [0.3, 0.4) is 0 Å². The Morgan fingerprint density at radius 3 is 0.719 bits per heavy atom. The maximum absolute atomic E-state index is 2.56. The number of nitrogens with zero attached hydrogens (tertiary/aromatic N) is 3. The van der Waals surface area contributed by atoms with Crippen molar-refractivity contribution in [3.8, 4) is 66.8 Å². The monoisotopic (exact) mass is 1790 g/mol. The number of fused-ring (bicyclic) bond motifs is 32. The summed E-state index contributed by atoms with van der Waals surface area (Å²) in [6.07, 6.45) is 12.3. The number of para-hydroxylation sites is 6. The molecule has 0 spiro atoms. The molecule has 0 unspecified atom stereocenters. The van der Waals surface area contributed by atoms with Crippen molar-refractivity contribution in [2.24, 2.45) is 0 Å². The molecule has 12 aliphatic rings. The van der Waals surface area contributed by atoms with Crippen LogP contribution in [0.2, 0.25) is 0 Å². The summed E-state index contributed by atoms with van der Waals surface area (Å²) in [5, 5.41) is 0. The van der Waals surface area contributed by atoms with Gasteiger partial charge in [-0.3, -0.25) is 0 Å². The Hall–Kier alpha value is -12.3. The third-order valence-electron chi connectivity index (χ3n) is 26.0. The number of hydrogen-bond donors (Lipinski definition) is 0. The van der Waals surface area contributed by atoms with Gasteiger partial charge < -0.3 is 14.7 Å². The zero-order valence-electron chi connectivity index (χ0n) is 88.3. The van der Waals surface area contributed by atoms with Gasteiger partial charge >= 0.3 is 0 Å². The first-order valence-corrected chi connectivity index (χ1v) is 53.1. The maximum atomic E-state index is 2.56. The summed E-state index contributed by atoms with van der Waals surface area (Å²) >= 11 is 0. The maximum Gasteiger partial charge on any atom is 0.0532 e. The van der Waals surface area contributed by atoms with Gasteiger partial charge in [0.15, 0.2) is 0 Å². The van der Waals surface area contributed by atoms with E-state index in [4.69, 9.17) is 0 Å². The van der Waals surface area contributed by atoms with Gasteiger partial charge in [0.25, 0.3) is 0 Å². The van der Waals surface area contributed by atoms with E-state index in [9.17, 15) is 0 Å². The van der Waals surface area contributed by atoms with Crippen molar-refractivity contribution in [1.29, 1.82) is 0 Å². The molecule has 3 nitrogen and oxygen atoms in total. The number of benzene rings is 15. The third-order valence-corrected chi connectivity index (χ3v) is 26.0. The van der Waals surface area contributed by atoms with Crippen molar-refractivity contribution in [2.75, 3.05) is 14.7 Å². The zero-order valence-corrected chi connectivity index (χ0v) is 88.3. The van der Waals surface area contributed by atoms with Crippen LogP contribution < -0.4 is 14.7 Å². The van der Waals surface area contributed by atoms with Gasteiger partial charge in [0.2, 0.25) is 0 Å². The zero-order chi connectivity index (χ0) is 98.0. The summed E-state index contributed by atoms with van der Waals surface area (Å²) in [6, 6.07) is 104. The lowest BCUT2D eigenvalue weighted by Gasteiger charge is -2.39. The van der Waals surface area contributed by atoms with Gasteiger partial charge in [0.05, 0.1) is 34.1 Å². The van der Waals surface area contributed by atoms with Crippen molar-refractivity contribution in [1.82, 2.24) is 0 Å². The molecule has 702 valence electrons. The molecule has 0 aromatic heterocycles. The van der Waals surface area contributed by atoms with Crippen LogP contribution in [0.5, 0.6) is 0 Å². The molecule has 15 aromatic carbocycles. The quantitative estimate of drug-likeness (QED) is 0.150. The summed E-state index contributed by atoms with van der Waals surface area (Å²) in [7, 11) is 0. The van der Waals surface area contributed by atoms with Gasteiger partial charge in [-0.1, -0.05) is 414 Å². The van der Waals surface area contributed by atoms with E-state index in [2.05, 4.69) is 288 Å². The van der Waals surface area contributed by atoms with Crippen molar-refractivity contribution in [3.05, 3.63) is 407 Å². The average molecular weight is 1790 g/mol. The highest BCUT2D eigenvalue weighted by Crippen LogP contribution is 2.60. The van der Waals surface area contributed by atoms with Crippen molar-refractivity contribution < 1.29 is 0 Å². The van der Waals surface area contributed by atoms with E-state index in [0.717, 1.165) is 77.0 Å². The average Bonchev–Trinajstić information content (AvgIpc) is 1.65. The molecule has 0 atom stereocenters. The van der Waals surface area contributed by atoms with E-state index in [0.29, 0.717) is 0 Å². The number of rotatable bonds is 0. The minimum absolute atomic E-state index is 1.01. The van der Waals surface area contributed by atoms with Gasteiger partial charge in [0.1, 0.15) is 0 Å². The highest BCUT2D eigenvalue weighted by molar-refractivity contribution is 6.01. The molecule has 27 rings (SSSR count). The van der Waals surface area contributed by atoms with Gasteiger partial charge in [-0.05, 0) is 306 Å². The Kier molecular flexibility index (Phi) is 38.6. The van der Waals surface area contributed by atoms with Crippen LogP contribution in [0.15, 0.2) is 273 Å². The highest BCUT2D eigenvalue weighted by atomic mass is 15.2. The molecule has 6 heterocycles. The molecule has 0 fully saturated rings. The third kappa shape index (κ3) is 19.2. The van der Waals surface area contributed by atoms with Gasteiger partial charge in [-0.15, -0.1) is 0 Å². The van der Waals surface area contributed by atoms with E-state index in [1.165, 1.54) is 251 Å². The summed E-state index contributed by atoms with van der Waals surface area (Å²) in [5.74, 6) is 0. The molecule has 0 saturated heterocycles. The standard InChI is InChI=1S/3C34H23N.15C2H6/c1-3-10-28-20(6-1)12-24-17-30-25(16-29(24)28)15-26-19-33-27(18-31(26)30)14-23-9-5-8-22-13-21-7-2-4-11-32(21)35(33)34(22)23;1-3-10-27-20(6-1)17-30-28(27)13-12-22-15-25-19-32-26(18-29(25)33(22)30)16-24-9-5-8-23-14-21-7-2-4-11-31(21)35(32)34(23)24;1-3-10-28-20(6-1)14-22-12-13-23-16-26-19-31-27(18-29(26)33(23)32(22)28)17-25-9-5-8-24-15-21-7-2-4-11-30(21)35(31)34(24)25;15*1-2/h1-11,16-19H,12-15H2;2*1-13,18-19H,14-17H2;15*1-2H3. The first-order valence-electron chi connectivity index (χ1n) is 53.1. The first kappa shape index (κ1) is 105. The van der Waals surface area contributed by atoms with Crippen LogP contribution in [0.25, 0.3) is 66.8 Å². The molecule has 3 heteroatoms. The number of hydrogen-bond acceptors (Lipinski definition) is 3. The minimum Gasteiger partial charge on any atom is -0.309 e. The smallest absolute Gasteiger partial charge is 0.0532 e. The van der Waals surface area contributed by atoms with Crippen LogP contribution >= 0.6 is 0 Å². The summed E-state index contributed by atoms with van der Waals surface area (Å²) < 4.78 is 0. The topological polar surface area (TPSA) is 9.72 Å². The van der Waals surface area contributed by atoms with Crippen molar-refractivity contribution in [3.63, 3.8) is 0 Å². The van der Waals surface area contributed by atoms with Gasteiger partial charge in [-0.25, -0.2) is 0 Å². The molecular weight excluding hydrogens is 1630 g/mol. The minimum atomic E-state index is 1.01. The van der Waals surface area contributed by atoms with Crippen LogP contribution in [-0.2, 0) is 77.0 Å². The fourth-order valence-electron chi connectivity index (χ4n) is 21.6. The molecular formula is C132H159N3. The Morgan fingerprint density at radius 2 is 0.341 bits per heavy atom. The second-order valence-corrected chi connectivity index (χ2v) is 31.6. The lowest BCUT2D eigenvalue weighted by Crippen LogP contribution is -2.24. The Labute approximate surface area is 818 Å². The van der Waals surface area contributed by atoms with Crippen LogP contribution in [0.4, 0.5) is 51.2 Å². The van der Waals surface area contributed by atoms with Crippen molar-refractivity contribution in [2.45, 2.75) is 285 Å². The molecule has 15 aromatic rings. The van der Waals surface area contributed by atoms with E-state index in [-0.39, 0.29) is 0 Å². The molecule has 0 radical (unpaired) electrons.